The van der Waals surface area contributed by atoms with E-state index in [-0.39, 0.29) is 16.9 Å². The summed E-state index contributed by atoms with van der Waals surface area (Å²) < 4.78 is 13.8. The maximum atomic E-state index is 13.8. The number of halogens is 1. The maximum absolute atomic E-state index is 13.8. The van der Waals surface area contributed by atoms with Crippen molar-refractivity contribution >= 4 is 0 Å². The lowest BCUT2D eigenvalue weighted by Crippen LogP contribution is -2.55. The molecule has 1 fully saturated rings. The molecule has 16 heavy (non-hydrogen) atoms. The van der Waals surface area contributed by atoms with E-state index in [1.807, 2.05) is 12.1 Å². The van der Waals surface area contributed by atoms with E-state index in [1.165, 1.54) is 0 Å². The first kappa shape index (κ1) is 11.6. The van der Waals surface area contributed by atoms with Crippen LogP contribution in [0.3, 0.4) is 0 Å². The van der Waals surface area contributed by atoms with Gasteiger partial charge in [0.15, 0.2) is 0 Å². The van der Waals surface area contributed by atoms with Gasteiger partial charge >= 0.3 is 0 Å². The number of nitrogens with one attached hydrogen (secondary N) is 1. The van der Waals surface area contributed by atoms with Crippen molar-refractivity contribution in [1.29, 1.82) is 0 Å². The van der Waals surface area contributed by atoms with E-state index in [2.05, 4.69) is 26.1 Å². The predicted octanol–water partition coefficient (Wildman–Crippen LogP) is 3.59. The molecule has 1 aromatic rings. The Morgan fingerprint density at radius 2 is 1.81 bits per heavy atom. The number of hydrogen-bond acceptors (Lipinski definition) is 1. The molecule has 1 aromatic carbocycles. The maximum Gasteiger partial charge on any atom is 0.128 e. The van der Waals surface area contributed by atoms with Crippen LogP contribution < -0.4 is 5.32 Å². The Morgan fingerprint density at radius 1 is 1.12 bits per heavy atom. The second-order valence-electron chi connectivity index (χ2n) is 5.67. The Morgan fingerprint density at radius 3 is 2.44 bits per heavy atom. The molecule has 1 aliphatic heterocycles. The van der Waals surface area contributed by atoms with E-state index >= 15 is 0 Å². The third kappa shape index (κ3) is 2.12. The van der Waals surface area contributed by atoms with Crippen molar-refractivity contribution in [3.63, 3.8) is 0 Å². The average Bonchev–Trinajstić information content (AvgIpc) is 2.16. The SMILES string of the molecule is CC1(C)CCCC(C)(c2ccccc2F)N1. The van der Waals surface area contributed by atoms with E-state index < -0.39 is 0 Å². The Kier molecular flexibility index (Phi) is 2.79. The zero-order valence-electron chi connectivity index (χ0n) is 10.3. The number of piperidine rings is 1. The molecule has 0 bridgehead atoms. The van der Waals surface area contributed by atoms with Gasteiger partial charge in [-0.25, -0.2) is 4.39 Å². The molecule has 1 saturated heterocycles. The van der Waals surface area contributed by atoms with E-state index in [0.29, 0.717) is 0 Å². The molecule has 0 radical (unpaired) electrons. The molecule has 1 nitrogen and oxygen atoms in total. The Labute approximate surface area is 97.1 Å². The number of hydrogen-bond donors (Lipinski definition) is 1. The van der Waals surface area contributed by atoms with Crippen molar-refractivity contribution in [2.45, 2.75) is 51.1 Å². The summed E-state index contributed by atoms with van der Waals surface area (Å²) in [4.78, 5) is 0. The zero-order valence-corrected chi connectivity index (χ0v) is 10.3. The average molecular weight is 221 g/mol. The lowest BCUT2D eigenvalue weighted by Gasteiger charge is -2.45. The van der Waals surface area contributed by atoms with Crippen molar-refractivity contribution in [1.82, 2.24) is 5.32 Å². The van der Waals surface area contributed by atoms with Gasteiger partial charge in [-0.15, -0.1) is 0 Å². The minimum absolute atomic E-state index is 0.0925. The van der Waals surface area contributed by atoms with Crippen molar-refractivity contribution < 1.29 is 4.39 Å². The molecule has 1 atom stereocenters. The van der Waals surface area contributed by atoms with Gasteiger partial charge in [-0.3, -0.25) is 0 Å². The summed E-state index contributed by atoms with van der Waals surface area (Å²) in [5.41, 5.74) is 0.658. The summed E-state index contributed by atoms with van der Waals surface area (Å²) in [5, 5.41) is 3.59. The topological polar surface area (TPSA) is 12.0 Å². The van der Waals surface area contributed by atoms with E-state index in [4.69, 9.17) is 0 Å². The molecule has 0 aromatic heterocycles. The molecule has 2 heteroatoms. The summed E-state index contributed by atoms with van der Waals surface area (Å²) in [7, 11) is 0. The second-order valence-corrected chi connectivity index (χ2v) is 5.67. The van der Waals surface area contributed by atoms with Crippen molar-refractivity contribution in [2.75, 3.05) is 0 Å². The molecule has 1 unspecified atom stereocenters. The highest BCUT2D eigenvalue weighted by atomic mass is 19.1. The van der Waals surface area contributed by atoms with Gasteiger partial charge in [0.2, 0.25) is 0 Å². The van der Waals surface area contributed by atoms with Crippen LogP contribution in [0, 0.1) is 5.82 Å². The van der Waals surface area contributed by atoms with Crippen LogP contribution in [0.15, 0.2) is 24.3 Å². The molecule has 1 heterocycles. The molecule has 88 valence electrons. The zero-order chi connectivity index (χ0) is 11.8. The van der Waals surface area contributed by atoms with Gasteiger partial charge in [-0.05, 0) is 46.1 Å². The summed E-state index contributed by atoms with van der Waals surface area (Å²) in [6, 6.07) is 7.09. The van der Waals surface area contributed by atoms with Gasteiger partial charge in [0.1, 0.15) is 5.82 Å². The van der Waals surface area contributed by atoms with Crippen molar-refractivity contribution in [2.24, 2.45) is 0 Å². The molecule has 1 N–H and O–H groups in total. The van der Waals surface area contributed by atoms with Crippen molar-refractivity contribution in [3.8, 4) is 0 Å². The van der Waals surface area contributed by atoms with Crippen LogP contribution >= 0.6 is 0 Å². The van der Waals surface area contributed by atoms with Gasteiger partial charge in [-0.1, -0.05) is 18.2 Å². The molecule has 0 saturated carbocycles. The lowest BCUT2D eigenvalue weighted by molar-refractivity contribution is 0.164. The largest absolute Gasteiger partial charge is 0.302 e. The lowest BCUT2D eigenvalue weighted by atomic mass is 9.77. The Hall–Kier alpha value is -0.890. The number of rotatable bonds is 1. The van der Waals surface area contributed by atoms with Gasteiger partial charge < -0.3 is 5.32 Å². The fourth-order valence-electron chi connectivity index (χ4n) is 2.87. The first-order chi connectivity index (χ1) is 7.43. The quantitative estimate of drug-likeness (QED) is 0.764. The standard InChI is InChI=1S/C14H20FN/c1-13(2)9-6-10-14(3,16-13)11-7-4-5-8-12(11)15/h4-5,7-8,16H,6,9-10H2,1-3H3. The van der Waals surface area contributed by atoms with Crippen LogP contribution in [0.4, 0.5) is 4.39 Å². The van der Waals surface area contributed by atoms with Crippen molar-refractivity contribution in [3.05, 3.63) is 35.6 Å². The highest BCUT2D eigenvalue weighted by Gasteiger charge is 2.37. The van der Waals surface area contributed by atoms with E-state index in [1.54, 1.807) is 12.1 Å². The van der Waals surface area contributed by atoms with Gasteiger partial charge in [0, 0.05) is 16.6 Å². The molecule has 2 rings (SSSR count). The first-order valence-electron chi connectivity index (χ1n) is 5.97. The van der Waals surface area contributed by atoms with E-state index in [9.17, 15) is 4.39 Å². The summed E-state index contributed by atoms with van der Waals surface area (Å²) in [6.45, 7) is 6.48. The normalized spacial score (nSPS) is 29.0. The van der Waals surface area contributed by atoms with Crippen LogP contribution in [0.5, 0.6) is 0 Å². The minimum atomic E-state index is -0.229. The fourth-order valence-corrected chi connectivity index (χ4v) is 2.87. The summed E-state index contributed by atoms with van der Waals surface area (Å²) in [5.74, 6) is -0.102. The molecule has 0 amide bonds. The minimum Gasteiger partial charge on any atom is -0.302 e. The third-order valence-corrected chi connectivity index (χ3v) is 3.56. The van der Waals surface area contributed by atoms with Gasteiger partial charge in [-0.2, -0.15) is 0 Å². The summed E-state index contributed by atoms with van der Waals surface area (Å²) >= 11 is 0. The molecule has 0 aliphatic carbocycles. The van der Waals surface area contributed by atoms with Gasteiger partial charge in [0.05, 0.1) is 0 Å². The first-order valence-corrected chi connectivity index (χ1v) is 5.97. The molecule has 1 aliphatic rings. The second kappa shape index (κ2) is 3.85. The van der Waals surface area contributed by atoms with Gasteiger partial charge in [0.25, 0.3) is 0 Å². The highest BCUT2D eigenvalue weighted by molar-refractivity contribution is 5.26. The number of benzene rings is 1. The Balaban J connectivity index is 2.35. The van der Waals surface area contributed by atoms with E-state index in [0.717, 1.165) is 24.8 Å². The predicted molar refractivity (Wildman–Crippen MR) is 64.8 cm³/mol. The fraction of sp³-hybridized carbons (Fsp3) is 0.571. The highest BCUT2D eigenvalue weighted by Crippen LogP contribution is 2.36. The third-order valence-electron chi connectivity index (χ3n) is 3.56. The van der Waals surface area contributed by atoms with Crippen LogP contribution in [-0.4, -0.2) is 5.54 Å². The molecule has 0 spiro atoms. The molecular formula is C14H20FN. The molecular weight excluding hydrogens is 201 g/mol. The smallest absolute Gasteiger partial charge is 0.128 e. The van der Waals surface area contributed by atoms with Crippen LogP contribution in [0.1, 0.15) is 45.6 Å². The summed E-state index contributed by atoms with van der Waals surface area (Å²) in [6.07, 6.45) is 3.29. The van der Waals surface area contributed by atoms with Crippen LogP contribution in [-0.2, 0) is 5.54 Å². The monoisotopic (exact) mass is 221 g/mol. The van der Waals surface area contributed by atoms with Crippen LogP contribution in [0.25, 0.3) is 0 Å². The van der Waals surface area contributed by atoms with Crippen LogP contribution in [0.2, 0.25) is 0 Å². The Bertz CT molecular complexity index is 386.